The first-order valence-electron chi connectivity index (χ1n) is 7.04. The lowest BCUT2D eigenvalue weighted by Crippen LogP contribution is -2.37. The Balaban J connectivity index is 1.84. The second-order valence-electron chi connectivity index (χ2n) is 5.34. The third-order valence-electron chi connectivity index (χ3n) is 4.05. The van der Waals surface area contributed by atoms with Crippen molar-refractivity contribution in [3.05, 3.63) is 29.6 Å². The van der Waals surface area contributed by atoms with Crippen LogP contribution in [0.15, 0.2) is 18.2 Å². The van der Waals surface area contributed by atoms with E-state index in [0.717, 1.165) is 31.4 Å². The van der Waals surface area contributed by atoms with Crippen molar-refractivity contribution < 1.29 is 13.9 Å². The van der Waals surface area contributed by atoms with Gasteiger partial charge in [0.2, 0.25) is 0 Å². The summed E-state index contributed by atoms with van der Waals surface area (Å²) >= 11 is 0. The van der Waals surface area contributed by atoms with Crippen molar-refractivity contribution in [2.45, 2.75) is 44.4 Å². The van der Waals surface area contributed by atoms with Crippen LogP contribution in [-0.2, 0) is 4.74 Å². The molecule has 0 saturated carbocycles. The average molecular weight is 265 g/mol. The summed E-state index contributed by atoms with van der Waals surface area (Å²) in [5.41, 5.74) is 0.941. The molecule has 3 rings (SSSR count). The Morgan fingerprint density at radius 3 is 2.95 bits per heavy atom. The minimum atomic E-state index is -0.262. The SMILES string of the molecule is C[C@@H]1OCC[C@@H]1N[C@H]1CCCOc2c(F)cccc21. The molecule has 1 aromatic carbocycles. The van der Waals surface area contributed by atoms with Gasteiger partial charge in [-0.1, -0.05) is 12.1 Å². The predicted molar refractivity (Wildman–Crippen MR) is 70.8 cm³/mol. The minimum Gasteiger partial charge on any atom is -0.490 e. The Kier molecular flexibility index (Phi) is 3.71. The van der Waals surface area contributed by atoms with Crippen LogP contribution in [0.3, 0.4) is 0 Å². The third-order valence-corrected chi connectivity index (χ3v) is 4.05. The fourth-order valence-corrected chi connectivity index (χ4v) is 2.95. The Labute approximate surface area is 113 Å². The summed E-state index contributed by atoms with van der Waals surface area (Å²) in [5, 5.41) is 3.62. The van der Waals surface area contributed by atoms with E-state index in [1.165, 1.54) is 6.07 Å². The van der Waals surface area contributed by atoms with Crippen molar-refractivity contribution in [1.29, 1.82) is 0 Å². The molecule has 2 heterocycles. The van der Waals surface area contributed by atoms with Crippen LogP contribution in [0.25, 0.3) is 0 Å². The van der Waals surface area contributed by atoms with Crippen LogP contribution in [0.5, 0.6) is 5.75 Å². The number of hydrogen-bond donors (Lipinski definition) is 1. The molecule has 2 aliphatic heterocycles. The van der Waals surface area contributed by atoms with Gasteiger partial charge in [-0.2, -0.15) is 0 Å². The van der Waals surface area contributed by atoms with Crippen LogP contribution >= 0.6 is 0 Å². The van der Waals surface area contributed by atoms with Crippen molar-refractivity contribution in [1.82, 2.24) is 5.32 Å². The number of nitrogens with one attached hydrogen (secondary N) is 1. The van der Waals surface area contributed by atoms with Crippen LogP contribution in [0.2, 0.25) is 0 Å². The molecule has 0 aromatic heterocycles. The molecule has 0 bridgehead atoms. The highest BCUT2D eigenvalue weighted by Crippen LogP contribution is 2.34. The van der Waals surface area contributed by atoms with Crippen molar-refractivity contribution in [2.24, 2.45) is 0 Å². The lowest BCUT2D eigenvalue weighted by atomic mass is 9.99. The standard InChI is InChI=1S/C15H20FNO2/c1-10-13(7-9-18-10)17-14-6-3-8-19-15-11(14)4-2-5-12(15)16/h2,4-5,10,13-14,17H,3,6-9H2,1H3/t10-,13-,14-/m0/s1. The lowest BCUT2D eigenvalue weighted by molar-refractivity contribution is 0.110. The fraction of sp³-hybridized carbons (Fsp3) is 0.600. The van der Waals surface area contributed by atoms with Crippen molar-refractivity contribution >= 4 is 0 Å². The monoisotopic (exact) mass is 265 g/mol. The zero-order valence-corrected chi connectivity index (χ0v) is 11.2. The molecule has 19 heavy (non-hydrogen) atoms. The summed E-state index contributed by atoms with van der Waals surface area (Å²) in [6.45, 7) is 3.48. The molecule has 1 aromatic rings. The Morgan fingerprint density at radius 1 is 1.26 bits per heavy atom. The molecule has 3 atom stereocenters. The first kappa shape index (κ1) is 12.9. The molecule has 3 nitrogen and oxygen atoms in total. The quantitative estimate of drug-likeness (QED) is 0.892. The maximum absolute atomic E-state index is 13.8. The Morgan fingerprint density at radius 2 is 2.16 bits per heavy atom. The second kappa shape index (κ2) is 5.47. The van der Waals surface area contributed by atoms with Gasteiger partial charge >= 0.3 is 0 Å². The maximum Gasteiger partial charge on any atom is 0.165 e. The van der Waals surface area contributed by atoms with E-state index in [9.17, 15) is 4.39 Å². The van der Waals surface area contributed by atoms with E-state index >= 15 is 0 Å². The summed E-state index contributed by atoms with van der Waals surface area (Å²) in [7, 11) is 0. The molecule has 1 fully saturated rings. The molecule has 0 amide bonds. The zero-order chi connectivity index (χ0) is 13.2. The van der Waals surface area contributed by atoms with Gasteiger partial charge < -0.3 is 14.8 Å². The van der Waals surface area contributed by atoms with E-state index in [1.54, 1.807) is 6.07 Å². The minimum absolute atomic E-state index is 0.155. The summed E-state index contributed by atoms with van der Waals surface area (Å²) in [4.78, 5) is 0. The number of hydrogen-bond acceptors (Lipinski definition) is 3. The number of benzene rings is 1. The molecule has 1 saturated heterocycles. The first-order chi connectivity index (χ1) is 9.25. The van der Waals surface area contributed by atoms with E-state index < -0.39 is 0 Å². The normalized spacial score (nSPS) is 30.5. The van der Waals surface area contributed by atoms with Crippen molar-refractivity contribution in [3.63, 3.8) is 0 Å². The van der Waals surface area contributed by atoms with Crippen LogP contribution < -0.4 is 10.1 Å². The average Bonchev–Trinajstić information content (AvgIpc) is 2.69. The van der Waals surface area contributed by atoms with Gasteiger partial charge in [0, 0.05) is 24.3 Å². The van der Waals surface area contributed by atoms with Gasteiger partial charge in [-0.25, -0.2) is 4.39 Å². The first-order valence-corrected chi connectivity index (χ1v) is 7.04. The summed E-state index contributed by atoms with van der Waals surface area (Å²) < 4.78 is 25.0. The molecule has 4 heteroatoms. The van der Waals surface area contributed by atoms with Crippen molar-refractivity contribution in [2.75, 3.05) is 13.2 Å². The van der Waals surface area contributed by atoms with Gasteiger partial charge in [0.05, 0.1) is 12.7 Å². The van der Waals surface area contributed by atoms with Crippen LogP contribution in [-0.4, -0.2) is 25.4 Å². The van der Waals surface area contributed by atoms with E-state index in [1.807, 2.05) is 6.07 Å². The maximum atomic E-state index is 13.8. The van der Waals surface area contributed by atoms with E-state index in [2.05, 4.69) is 12.2 Å². The fourth-order valence-electron chi connectivity index (χ4n) is 2.95. The molecular formula is C15H20FNO2. The van der Waals surface area contributed by atoms with Crippen LogP contribution in [0.4, 0.5) is 4.39 Å². The smallest absolute Gasteiger partial charge is 0.165 e. The summed E-state index contributed by atoms with van der Waals surface area (Å²) in [5.74, 6) is 0.158. The molecule has 0 radical (unpaired) electrons. The van der Waals surface area contributed by atoms with Gasteiger partial charge in [-0.15, -0.1) is 0 Å². The number of ether oxygens (including phenoxy) is 2. The molecule has 1 N–H and O–H groups in total. The number of fused-ring (bicyclic) bond motifs is 1. The molecule has 104 valence electrons. The van der Waals surface area contributed by atoms with E-state index in [-0.39, 0.29) is 18.0 Å². The lowest BCUT2D eigenvalue weighted by Gasteiger charge is -2.24. The Bertz CT molecular complexity index is 452. The van der Waals surface area contributed by atoms with Gasteiger partial charge in [-0.05, 0) is 32.3 Å². The van der Waals surface area contributed by atoms with Crippen molar-refractivity contribution in [3.8, 4) is 5.75 Å². The summed E-state index contributed by atoms with van der Waals surface area (Å²) in [6.07, 6.45) is 3.15. The molecule has 0 spiro atoms. The molecule has 0 unspecified atom stereocenters. The van der Waals surface area contributed by atoms with E-state index in [0.29, 0.717) is 18.4 Å². The van der Waals surface area contributed by atoms with Gasteiger partial charge in [0.1, 0.15) is 0 Å². The van der Waals surface area contributed by atoms with Crippen LogP contribution in [0, 0.1) is 5.82 Å². The second-order valence-corrected chi connectivity index (χ2v) is 5.34. The molecule has 0 aliphatic carbocycles. The third kappa shape index (κ3) is 2.60. The Hall–Kier alpha value is -1.13. The van der Waals surface area contributed by atoms with Crippen LogP contribution in [0.1, 0.15) is 37.8 Å². The summed E-state index contributed by atoms with van der Waals surface area (Å²) in [6, 6.07) is 5.68. The zero-order valence-electron chi connectivity index (χ0n) is 11.2. The number of rotatable bonds is 2. The highest BCUT2D eigenvalue weighted by molar-refractivity contribution is 5.38. The van der Waals surface area contributed by atoms with E-state index in [4.69, 9.17) is 9.47 Å². The number of halogens is 1. The topological polar surface area (TPSA) is 30.5 Å². The number of para-hydroxylation sites is 1. The molecular weight excluding hydrogens is 245 g/mol. The van der Waals surface area contributed by atoms with Gasteiger partial charge in [-0.3, -0.25) is 0 Å². The highest BCUT2D eigenvalue weighted by atomic mass is 19.1. The highest BCUT2D eigenvalue weighted by Gasteiger charge is 2.29. The largest absolute Gasteiger partial charge is 0.490 e. The predicted octanol–water partition coefficient (Wildman–Crippen LogP) is 2.81. The van der Waals surface area contributed by atoms with Gasteiger partial charge in [0.15, 0.2) is 11.6 Å². The molecule has 2 aliphatic rings. The van der Waals surface area contributed by atoms with Gasteiger partial charge in [0.25, 0.3) is 0 Å².